The first-order chi connectivity index (χ1) is 17.8. The molecule has 0 bridgehead atoms. The van der Waals surface area contributed by atoms with Crippen molar-refractivity contribution in [3.05, 3.63) is 40.8 Å². The van der Waals surface area contributed by atoms with Gasteiger partial charge in [-0.1, -0.05) is 13.0 Å². The predicted molar refractivity (Wildman–Crippen MR) is 144 cm³/mol. The maximum absolute atomic E-state index is 16.7. The number of hydroxylamine groups is 2. The first-order valence-corrected chi connectivity index (χ1v) is 15.0. The van der Waals surface area contributed by atoms with E-state index in [4.69, 9.17) is 5.21 Å². The van der Waals surface area contributed by atoms with Crippen molar-refractivity contribution in [2.75, 3.05) is 19.9 Å². The average Bonchev–Trinajstić information content (AvgIpc) is 3.45. The highest BCUT2D eigenvalue weighted by atomic mass is 32.2. The highest BCUT2D eigenvalue weighted by Gasteiger charge is 2.72. The number of thiophene rings is 1. The number of carbonyl (C=O) groups is 2. The summed E-state index contributed by atoms with van der Waals surface area (Å²) in [5.74, 6) is -2.11. The van der Waals surface area contributed by atoms with E-state index in [0.29, 0.717) is 19.4 Å². The molecule has 38 heavy (non-hydrogen) atoms. The molecule has 0 aromatic carbocycles. The topological polar surface area (TPSA) is 98.1 Å². The number of aliphatic hydroxyl groups is 2. The molecule has 0 radical (unpaired) electrons. The molecule has 1 aromatic rings. The number of rotatable bonds is 5. The number of nitrogens with zero attached hydrogens (tertiary/aromatic N) is 1. The third-order valence-corrected chi connectivity index (χ3v) is 11.5. The van der Waals surface area contributed by atoms with E-state index in [9.17, 15) is 19.8 Å². The van der Waals surface area contributed by atoms with Crippen LogP contribution in [0, 0.1) is 28.6 Å². The molecule has 3 saturated carbocycles. The van der Waals surface area contributed by atoms with Crippen molar-refractivity contribution >= 4 is 34.7 Å². The van der Waals surface area contributed by atoms with Gasteiger partial charge in [-0.3, -0.25) is 9.59 Å². The zero-order chi connectivity index (χ0) is 28.0. The van der Waals surface area contributed by atoms with E-state index in [1.807, 2.05) is 13.0 Å². The van der Waals surface area contributed by atoms with Crippen molar-refractivity contribution in [3.63, 3.8) is 0 Å². The van der Waals surface area contributed by atoms with E-state index >= 15 is 8.78 Å². The second kappa shape index (κ2) is 10.9. The molecule has 10 heteroatoms. The summed E-state index contributed by atoms with van der Waals surface area (Å²) >= 11 is 3.46. The largest absolute Gasteiger partial charge is 0.390 e. The van der Waals surface area contributed by atoms with Crippen LogP contribution in [0.25, 0.3) is 0 Å². The van der Waals surface area contributed by atoms with Gasteiger partial charge in [0, 0.05) is 29.2 Å². The minimum atomic E-state index is -2.10. The quantitative estimate of drug-likeness (QED) is 0.347. The monoisotopic (exact) mass is 569 g/mol. The Hall–Kier alpha value is -1.43. The molecule has 1 aromatic heterocycles. The molecule has 0 spiro atoms. The number of fused-ring (bicyclic) bond motifs is 5. The smallest absolute Gasteiger partial charge is 0.178 e. The van der Waals surface area contributed by atoms with Crippen LogP contribution in [-0.2, 0) is 16.1 Å². The Bertz CT molecular complexity index is 1140. The number of hydrogen-bond donors (Lipinski definition) is 3. The number of hydrogen-bond acceptors (Lipinski definition) is 8. The molecule has 5 rings (SSSR count). The molecule has 3 N–H and O–H groups in total. The summed E-state index contributed by atoms with van der Waals surface area (Å²) in [5.41, 5.74) is -4.04. The summed E-state index contributed by atoms with van der Waals surface area (Å²) in [7, 11) is 1.65. The fourth-order valence-electron chi connectivity index (χ4n) is 7.62. The van der Waals surface area contributed by atoms with Crippen LogP contribution in [0.4, 0.5) is 8.78 Å². The van der Waals surface area contributed by atoms with Crippen LogP contribution in [0.15, 0.2) is 40.1 Å². The van der Waals surface area contributed by atoms with Gasteiger partial charge in [-0.15, -0.1) is 23.1 Å². The summed E-state index contributed by atoms with van der Waals surface area (Å²) in [5, 5.41) is 30.4. The molecule has 1 heterocycles. The maximum atomic E-state index is 16.7. The molecule has 210 valence electrons. The lowest BCUT2D eigenvalue weighted by molar-refractivity contribution is -0.202. The highest BCUT2D eigenvalue weighted by molar-refractivity contribution is 8.00. The third-order valence-electron chi connectivity index (χ3n) is 9.39. The minimum absolute atomic E-state index is 0.0860. The Morgan fingerprint density at radius 1 is 1.26 bits per heavy atom. The van der Waals surface area contributed by atoms with Crippen molar-refractivity contribution in [3.8, 4) is 0 Å². The van der Waals surface area contributed by atoms with Gasteiger partial charge in [0.2, 0.25) is 0 Å². The third kappa shape index (κ3) is 4.75. The van der Waals surface area contributed by atoms with E-state index in [-0.39, 0.29) is 35.9 Å². The van der Waals surface area contributed by atoms with Gasteiger partial charge in [-0.25, -0.2) is 8.78 Å². The predicted octanol–water partition coefficient (Wildman–Crippen LogP) is 4.77. The van der Waals surface area contributed by atoms with Gasteiger partial charge in [-0.05, 0) is 80.1 Å². The highest BCUT2D eigenvalue weighted by Crippen LogP contribution is 2.69. The first-order valence-electron chi connectivity index (χ1n) is 12.9. The number of allylic oxidation sites excluding steroid dienone is 4. The van der Waals surface area contributed by atoms with E-state index in [2.05, 4.69) is 12.3 Å². The number of ketones is 2. The number of aliphatic hydroxyl groups excluding tert-OH is 2. The molecule has 8 atom stereocenters. The summed E-state index contributed by atoms with van der Waals surface area (Å²) in [4.78, 5) is 25.2. The van der Waals surface area contributed by atoms with Gasteiger partial charge >= 0.3 is 0 Å². The molecular weight excluding hydrogens is 532 g/mol. The van der Waals surface area contributed by atoms with Crippen LogP contribution in [0.1, 0.15) is 44.4 Å². The van der Waals surface area contributed by atoms with Crippen LogP contribution in [0.5, 0.6) is 0 Å². The van der Waals surface area contributed by atoms with Crippen molar-refractivity contribution in [2.45, 2.75) is 68.2 Å². The van der Waals surface area contributed by atoms with Crippen LogP contribution < -0.4 is 0 Å². The van der Waals surface area contributed by atoms with Gasteiger partial charge in [0.25, 0.3) is 0 Å². The number of halogens is 2. The van der Waals surface area contributed by atoms with Crippen molar-refractivity contribution in [1.82, 2.24) is 5.06 Å². The molecule has 1 unspecified atom stereocenters. The van der Waals surface area contributed by atoms with Crippen LogP contribution in [0.2, 0.25) is 0 Å². The lowest BCUT2D eigenvalue weighted by atomic mass is 9.45. The number of Topliss-reactive ketones (excluding diaryl/α,β-unsaturated/α-hetero) is 1. The van der Waals surface area contributed by atoms with Crippen LogP contribution in [0.3, 0.4) is 0 Å². The van der Waals surface area contributed by atoms with E-state index in [0.717, 1.165) is 0 Å². The lowest BCUT2D eigenvalue weighted by Crippen LogP contribution is -2.68. The minimum Gasteiger partial charge on any atom is -0.390 e. The molecule has 0 aliphatic heterocycles. The Morgan fingerprint density at radius 2 is 1.97 bits per heavy atom. The first kappa shape index (κ1) is 29.6. The van der Waals surface area contributed by atoms with E-state index in [1.54, 1.807) is 37.1 Å². The van der Waals surface area contributed by atoms with E-state index in [1.165, 1.54) is 32.4 Å². The second-order valence-electron chi connectivity index (χ2n) is 11.4. The van der Waals surface area contributed by atoms with Gasteiger partial charge in [0.1, 0.15) is 12.8 Å². The maximum Gasteiger partial charge on any atom is 0.178 e. The zero-order valence-corrected chi connectivity index (χ0v) is 23.8. The van der Waals surface area contributed by atoms with Crippen molar-refractivity contribution in [2.24, 2.45) is 28.6 Å². The fourth-order valence-corrected chi connectivity index (χ4v) is 9.26. The Labute approximate surface area is 230 Å². The van der Waals surface area contributed by atoms with Gasteiger partial charge < -0.3 is 15.4 Å². The molecule has 4 aliphatic rings. The molecule has 0 saturated heterocycles. The van der Waals surface area contributed by atoms with E-state index < -0.39 is 47.2 Å². The van der Waals surface area contributed by atoms with Gasteiger partial charge in [0.15, 0.2) is 17.2 Å². The average molecular weight is 570 g/mol. The Morgan fingerprint density at radius 3 is 2.58 bits per heavy atom. The molecule has 0 amide bonds. The van der Waals surface area contributed by atoms with Gasteiger partial charge in [0.05, 0.1) is 16.9 Å². The Kier molecular flexibility index (Phi) is 8.44. The van der Waals surface area contributed by atoms with Crippen molar-refractivity contribution < 1.29 is 33.8 Å². The normalized spacial score (nSPS) is 39.6. The standard InChI is InChI=1S/C21H26F2O4.C7H11NOS2/c1-19-9-18(27)21(23)14(12(19)3-4-13(19)17(26)10-24)8-16(22)15-7-11(25)5-6-20(15,21)2;1-8(9)5-6-3-4-7(10-2)11-6/h5-7,12-14,16,18,24,27H,3-4,8-10H2,1-2H3;3-4,9H,5H2,1-2H3/t12?,13-,14+,16+,18+,19+,20+,21+;/m1./s1. The summed E-state index contributed by atoms with van der Waals surface area (Å²) < 4.78 is 33.1. The number of thioether (sulfide) groups is 1. The molecular formula is C28H37F2NO5S2. The SMILES string of the molecule is CSc1ccc(CN(C)O)s1.C[C@]12C[C@H](O)[C@@]3(F)[C@@H](C[C@H](F)C4=CC(=O)C=C[C@@]43C)C1CC[C@@H]2C(=O)CO. The summed E-state index contributed by atoms with van der Waals surface area (Å²) in [6, 6.07) is 4.12. The molecule has 6 nitrogen and oxygen atoms in total. The van der Waals surface area contributed by atoms with Crippen molar-refractivity contribution in [1.29, 1.82) is 0 Å². The Balaban J connectivity index is 0.000000257. The fraction of sp³-hybridized carbons (Fsp3) is 0.643. The lowest BCUT2D eigenvalue weighted by Gasteiger charge is -2.62. The summed E-state index contributed by atoms with van der Waals surface area (Å²) in [6.45, 7) is 3.48. The number of alkyl halides is 2. The zero-order valence-electron chi connectivity index (χ0n) is 22.2. The molecule has 3 fully saturated rings. The number of carbonyl (C=O) groups excluding carboxylic acids is 2. The van der Waals surface area contributed by atoms with Crippen LogP contribution in [-0.4, -0.2) is 69.9 Å². The second-order valence-corrected chi connectivity index (χ2v) is 13.7. The molecule has 4 aliphatic carbocycles. The summed E-state index contributed by atoms with van der Waals surface area (Å²) in [6.07, 6.45) is 4.14. The van der Waals surface area contributed by atoms with Gasteiger partial charge in [-0.2, -0.15) is 5.06 Å². The van der Waals surface area contributed by atoms with Crippen LogP contribution >= 0.6 is 23.1 Å².